The number of nitrogens with zero attached hydrogens (tertiary/aromatic N) is 1. The van der Waals surface area contributed by atoms with Gasteiger partial charge in [0.15, 0.2) is 0 Å². The van der Waals surface area contributed by atoms with Crippen LogP contribution in [0.3, 0.4) is 0 Å². The normalized spacial score (nSPS) is 12.2. The van der Waals surface area contributed by atoms with Gasteiger partial charge in [0.2, 0.25) is 0 Å². The molecule has 2 aromatic rings. The molecule has 0 radical (unpaired) electrons. The van der Waals surface area contributed by atoms with E-state index < -0.39 is 0 Å². The molecule has 20 heavy (non-hydrogen) atoms. The van der Waals surface area contributed by atoms with Gasteiger partial charge in [-0.3, -0.25) is 0 Å². The van der Waals surface area contributed by atoms with Crippen molar-refractivity contribution in [2.75, 3.05) is 18.5 Å². The summed E-state index contributed by atoms with van der Waals surface area (Å²) in [6, 6.07) is 14.9. The largest absolute Gasteiger partial charge is 0.372 e. The molecule has 3 heteroatoms. The highest BCUT2D eigenvalue weighted by molar-refractivity contribution is 5.46. The predicted molar refractivity (Wildman–Crippen MR) is 82.4 cm³/mol. The van der Waals surface area contributed by atoms with Crippen LogP contribution in [0.15, 0.2) is 48.5 Å². The van der Waals surface area contributed by atoms with Crippen molar-refractivity contribution in [3.05, 3.63) is 65.5 Å². The van der Waals surface area contributed by atoms with Gasteiger partial charge in [-0.15, -0.1) is 0 Å². The lowest BCUT2D eigenvalue weighted by atomic mass is 9.99. The molecule has 2 N–H and O–H groups in total. The van der Waals surface area contributed by atoms with Crippen LogP contribution < -0.4 is 10.6 Å². The first-order chi connectivity index (χ1) is 9.59. The molecular formula is C17H21FN2. The number of rotatable bonds is 5. The van der Waals surface area contributed by atoms with Gasteiger partial charge in [0.25, 0.3) is 0 Å². The second kappa shape index (κ2) is 6.53. The summed E-state index contributed by atoms with van der Waals surface area (Å²) in [5.74, 6) is -0.195. The molecule has 0 bridgehead atoms. The molecule has 1 atom stereocenters. The van der Waals surface area contributed by atoms with E-state index in [4.69, 9.17) is 5.73 Å². The summed E-state index contributed by atoms with van der Waals surface area (Å²) in [5.41, 5.74) is 9.22. The van der Waals surface area contributed by atoms with E-state index in [1.54, 1.807) is 12.1 Å². The van der Waals surface area contributed by atoms with Crippen LogP contribution in [0.2, 0.25) is 0 Å². The fourth-order valence-corrected chi connectivity index (χ4v) is 2.37. The Bertz CT molecular complexity index is 517. The summed E-state index contributed by atoms with van der Waals surface area (Å²) in [5, 5.41) is 0. The average Bonchev–Trinajstić information content (AvgIpc) is 2.45. The van der Waals surface area contributed by atoms with E-state index in [0.717, 1.165) is 18.5 Å². The third-order valence-electron chi connectivity index (χ3n) is 3.63. The zero-order valence-corrected chi connectivity index (χ0v) is 12.0. The third-order valence-corrected chi connectivity index (χ3v) is 3.63. The van der Waals surface area contributed by atoms with Crippen molar-refractivity contribution < 1.29 is 4.39 Å². The monoisotopic (exact) mass is 272 g/mol. The molecule has 0 heterocycles. The van der Waals surface area contributed by atoms with Crippen LogP contribution in [-0.4, -0.2) is 13.6 Å². The van der Waals surface area contributed by atoms with E-state index in [1.807, 2.05) is 30.1 Å². The Morgan fingerprint density at radius 2 is 1.75 bits per heavy atom. The first kappa shape index (κ1) is 14.5. The topological polar surface area (TPSA) is 29.3 Å². The molecule has 0 aliphatic rings. The number of benzene rings is 2. The van der Waals surface area contributed by atoms with Gasteiger partial charge < -0.3 is 10.6 Å². The number of nitrogens with two attached hydrogens (primary N) is 1. The lowest BCUT2D eigenvalue weighted by Gasteiger charge is -2.22. The number of anilines is 1. The number of halogens is 1. The second-order valence-electron chi connectivity index (χ2n) is 5.12. The van der Waals surface area contributed by atoms with Gasteiger partial charge in [-0.05, 0) is 36.6 Å². The first-order valence-electron chi connectivity index (χ1n) is 6.86. The lowest BCUT2D eigenvalue weighted by molar-refractivity contribution is 0.606. The number of hydrogen-bond donors (Lipinski definition) is 1. The van der Waals surface area contributed by atoms with Crippen LogP contribution >= 0.6 is 0 Å². The van der Waals surface area contributed by atoms with Gasteiger partial charge in [0.05, 0.1) is 5.69 Å². The Hall–Kier alpha value is -1.87. The zero-order chi connectivity index (χ0) is 14.5. The van der Waals surface area contributed by atoms with Crippen LogP contribution in [0.1, 0.15) is 23.6 Å². The molecular weight excluding hydrogens is 251 g/mol. The smallest absolute Gasteiger partial charge is 0.146 e. The Kier molecular flexibility index (Phi) is 4.74. The highest BCUT2D eigenvalue weighted by Crippen LogP contribution is 2.21. The maximum absolute atomic E-state index is 13.7. The van der Waals surface area contributed by atoms with E-state index in [2.05, 4.69) is 19.1 Å². The van der Waals surface area contributed by atoms with Gasteiger partial charge in [0.1, 0.15) is 5.82 Å². The predicted octanol–water partition coefficient (Wildman–Crippen LogP) is 3.66. The van der Waals surface area contributed by atoms with E-state index in [1.165, 1.54) is 11.6 Å². The molecule has 0 aromatic heterocycles. The van der Waals surface area contributed by atoms with Crippen molar-refractivity contribution >= 4 is 5.69 Å². The molecule has 0 saturated heterocycles. The van der Waals surface area contributed by atoms with E-state index >= 15 is 0 Å². The van der Waals surface area contributed by atoms with E-state index in [-0.39, 0.29) is 11.9 Å². The molecule has 0 spiro atoms. The molecule has 0 fully saturated rings. The molecule has 0 aliphatic carbocycles. The molecule has 2 rings (SSSR count). The van der Waals surface area contributed by atoms with Crippen molar-refractivity contribution in [2.24, 2.45) is 5.73 Å². The minimum absolute atomic E-state index is 0.0228. The standard InChI is InChI=1S/C17H21FN2/c1-13-7-3-4-8-14(13)16(19)11-12-20(2)17-10-6-5-9-15(17)18/h3-10,16H,11-12,19H2,1-2H3. The van der Waals surface area contributed by atoms with Crippen LogP contribution in [-0.2, 0) is 0 Å². The number of hydrogen-bond acceptors (Lipinski definition) is 2. The van der Waals surface area contributed by atoms with Gasteiger partial charge in [-0.1, -0.05) is 36.4 Å². The lowest BCUT2D eigenvalue weighted by Crippen LogP contribution is -2.24. The molecule has 2 nitrogen and oxygen atoms in total. The molecule has 1 unspecified atom stereocenters. The summed E-state index contributed by atoms with van der Waals surface area (Å²) >= 11 is 0. The highest BCUT2D eigenvalue weighted by Gasteiger charge is 2.11. The van der Waals surface area contributed by atoms with Gasteiger partial charge >= 0.3 is 0 Å². The van der Waals surface area contributed by atoms with Crippen molar-refractivity contribution in [3.8, 4) is 0 Å². The number of para-hydroxylation sites is 1. The third kappa shape index (κ3) is 3.36. The summed E-state index contributed by atoms with van der Waals surface area (Å²) in [4.78, 5) is 1.91. The van der Waals surface area contributed by atoms with Crippen molar-refractivity contribution in [2.45, 2.75) is 19.4 Å². The van der Waals surface area contributed by atoms with Gasteiger partial charge in [0, 0.05) is 19.6 Å². The van der Waals surface area contributed by atoms with E-state index in [9.17, 15) is 4.39 Å². The van der Waals surface area contributed by atoms with Gasteiger partial charge in [-0.25, -0.2) is 4.39 Å². The Labute approximate surface area is 120 Å². The number of aryl methyl sites for hydroxylation is 1. The molecule has 0 aliphatic heterocycles. The minimum atomic E-state index is -0.195. The summed E-state index contributed by atoms with van der Waals surface area (Å²) in [6.07, 6.45) is 0.787. The molecule has 0 saturated carbocycles. The zero-order valence-electron chi connectivity index (χ0n) is 12.0. The molecule has 2 aromatic carbocycles. The molecule has 106 valence electrons. The maximum Gasteiger partial charge on any atom is 0.146 e. The van der Waals surface area contributed by atoms with Gasteiger partial charge in [-0.2, -0.15) is 0 Å². The van der Waals surface area contributed by atoms with Crippen molar-refractivity contribution in [1.29, 1.82) is 0 Å². The summed E-state index contributed by atoms with van der Waals surface area (Å²) in [6.45, 7) is 2.78. The van der Waals surface area contributed by atoms with Crippen molar-refractivity contribution in [1.82, 2.24) is 0 Å². The Balaban J connectivity index is 1.99. The Morgan fingerprint density at radius 3 is 2.45 bits per heavy atom. The minimum Gasteiger partial charge on any atom is -0.372 e. The average molecular weight is 272 g/mol. The quantitative estimate of drug-likeness (QED) is 0.900. The van der Waals surface area contributed by atoms with E-state index in [0.29, 0.717) is 5.69 Å². The van der Waals surface area contributed by atoms with Crippen LogP contribution in [0.5, 0.6) is 0 Å². The van der Waals surface area contributed by atoms with Crippen LogP contribution in [0, 0.1) is 12.7 Å². The SMILES string of the molecule is Cc1ccccc1C(N)CCN(C)c1ccccc1F. The van der Waals surface area contributed by atoms with Crippen LogP contribution in [0.25, 0.3) is 0 Å². The summed E-state index contributed by atoms with van der Waals surface area (Å²) in [7, 11) is 1.89. The second-order valence-corrected chi connectivity index (χ2v) is 5.12. The summed E-state index contributed by atoms with van der Waals surface area (Å²) < 4.78 is 13.7. The highest BCUT2D eigenvalue weighted by atomic mass is 19.1. The molecule has 0 amide bonds. The maximum atomic E-state index is 13.7. The van der Waals surface area contributed by atoms with Crippen LogP contribution in [0.4, 0.5) is 10.1 Å². The van der Waals surface area contributed by atoms with Crippen molar-refractivity contribution in [3.63, 3.8) is 0 Å². The fraction of sp³-hybridized carbons (Fsp3) is 0.294. The first-order valence-corrected chi connectivity index (χ1v) is 6.86. The Morgan fingerprint density at radius 1 is 1.10 bits per heavy atom. The fourth-order valence-electron chi connectivity index (χ4n) is 2.37.